The summed E-state index contributed by atoms with van der Waals surface area (Å²) in [5.41, 5.74) is 4.67. The summed E-state index contributed by atoms with van der Waals surface area (Å²) >= 11 is 0. The van der Waals surface area contributed by atoms with Gasteiger partial charge in [-0.05, 0) is 71.4 Å². The summed E-state index contributed by atoms with van der Waals surface area (Å²) in [4.78, 5) is 57.6. The maximum atomic E-state index is 15.3. The molecule has 12 nitrogen and oxygen atoms in total. The summed E-state index contributed by atoms with van der Waals surface area (Å²) in [6.45, 7) is 8.50. The number of benzene rings is 1. The molecule has 3 N–H and O–H groups in total. The number of anilines is 2. The number of nitrogen functional groups attached to an aromatic ring is 1. The fourth-order valence-corrected chi connectivity index (χ4v) is 6.25. The summed E-state index contributed by atoms with van der Waals surface area (Å²) in [6, 6.07) is 5.34. The van der Waals surface area contributed by atoms with Crippen LogP contribution in [0.3, 0.4) is 0 Å². The Labute approximate surface area is 290 Å². The Morgan fingerprint density at radius 1 is 1.06 bits per heavy atom. The third-order valence-electron chi connectivity index (χ3n) is 8.95. The van der Waals surface area contributed by atoms with E-state index < -0.39 is 28.6 Å². The highest BCUT2D eigenvalue weighted by Gasteiger charge is 2.27. The Hall–Kier alpha value is -5.12. The molecule has 266 valence electrons. The number of nitrogens with one attached hydrogen (secondary N) is 1. The molecule has 0 unspecified atom stereocenters. The molecule has 50 heavy (non-hydrogen) atoms. The van der Waals surface area contributed by atoms with Gasteiger partial charge in [-0.25, -0.2) is 19.0 Å². The van der Waals surface area contributed by atoms with E-state index in [1.54, 1.807) is 11.8 Å². The lowest BCUT2D eigenvalue weighted by atomic mass is 9.94. The number of hydrogen-bond donors (Lipinski definition) is 2. The molecule has 2 amide bonds. The minimum Gasteiger partial charge on any atom is -0.453 e. The van der Waals surface area contributed by atoms with Crippen LogP contribution >= 0.6 is 0 Å². The van der Waals surface area contributed by atoms with E-state index >= 15 is 4.39 Å². The van der Waals surface area contributed by atoms with Gasteiger partial charge in [-0.1, -0.05) is 31.1 Å². The molecule has 2 aliphatic rings. The molecule has 3 heterocycles. The molecule has 0 bridgehead atoms. The van der Waals surface area contributed by atoms with Crippen LogP contribution in [-0.4, -0.2) is 49.7 Å². The largest absolute Gasteiger partial charge is 0.453 e. The van der Waals surface area contributed by atoms with E-state index in [0.29, 0.717) is 25.1 Å². The standard InChI is InChI=1S/C37H45FN6O6/c1-5-43-34(46)28(23-44(35(43)47)26-11-7-6-8-12-26)33(45)41-25-14-15-31(29(38)22-25)49-30-16-19-40-32(39)27(30)13-9-10-24-17-20-42(21-18-24)36(48)50-37(2,3)4/h14-16,19,22-24,26H,5-8,10-12,17-18,20-21H2,1-4H3,(H2,39,40)(H,41,45). The maximum Gasteiger partial charge on any atom is 0.410 e. The van der Waals surface area contributed by atoms with Crippen LogP contribution in [0.4, 0.5) is 20.7 Å². The number of aromatic nitrogens is 3. The smallest absolute Gasteiger partial charge is 0.410 e. The zero-order valence-corrected chi connectivity index (χ0v) is 29.1. The second kappa shape index (κ2) is 15.6. The number of rotatable bonds is 7. The second-order valence-corrected chi connectivity index (χ2v) is 13.8. The molecule has 2 aromatic heterocycles. The fraction of sp³-hybridized carbons (Fsp3) is 0.486. The Balaban J connectivity index is 1.25. The van der Waals surface area contributed by atoms with Crippen molar-refractivity contribution >= 4 is 23.5 Å². The normalized spacial score (nSPS) is 15.6. The quantitative estimate of drug-likeness (QED) is 0.284. The molecule has 1 saturated heterocycles. The predicted molar refractivity (Wildman–Crippen MR) is 188 cm³/mol. The number of likely N-dealkylation sites (tertiary alicyclic amines) is 1. The number of nitrogens with zero attached hydrogens (tertiary/aromatic N) is 4. The summed E-state index contributed by atoms with van der Waals surface area (Å²) in [6.07, 6.45) is 9.20. The van der Waals surface area contributed by atoms with Crippen molar-refractivity contribution in [3.63, 3.8) is 0 Å². The first-order valence-corrected chi connectivity index (χ1v) is 17.2. The van der Waals surface area contributed by atoms with E-state index in [-0.39, 0.29) is 53.2 Å². The maximum absolute atomic E-state index is 15.3. The predicted octanol–water partition coefficient (Wildman–Crippen LogP) is 6.08. The van der Waals surface area contributed by atoms with Crippen LogP contribution in [0.1, 0.15) is 101 Å². The number of carbonyl (C=O) groups is 2. The Morgan fingerprint density at radius 3 is 2.44 bits per heavy atom. The van der Waals surface area contributed by atoms with Crippen LogP contribution in [0.15, 0.2) is 46.2 Å². The van der Waals surface area contributed by atoms with Crippen LogP contribution in [0.5, 0.6) is 11.5 Å². The van der Waals surface area contributed by atoms with Crippen molar-refractivity contribution in [2.45, 2.75) is 97.2 Å². The van der Waals surface area contributed by atoms with Crippen LogP contribution in [0.25, 0.3) is 0 Å². The van der Waals surface area contributed by atoms with Gasteiger partial charge in [0.2, 0.25) is 0 Å². The van der Waals surface area contributed by atoms with Crippen LogP contribution in [0, 0.1) is 23.6 Å². The van der Waals surface area contributed by atoms with Crippen molar-refractivity contribution in [3.8, 4) is 23.3 Å². The van der Waals surface area contributed by atoms with Gasteiger partial charge < -0.3 is 25.4 Å². The average Bonchev–Trinajstić information content (AvgIpc) is 3.07. The highest BCUT2D eigenvalue weighted by Crippen LogP contribution is 2.31. The lowest BCUT2D eigenvalue weighted by molar-refractivity contribution is 0.0185. The number of amides is 2. The van der Waals surface area contributed by atoms with E-state index in [1.165, 1.54) is 35.2 Å². The van der Waals surface area contributed by atoms with Crippen molar-refractivity contribution in [2.24, 2.45) is 5.92 Å². The number of carbonyl (C=O) groups excluding carboxylic acids is 2. The molecular weight excluding hydrogens is 643 g/mol. The van der Waals surface area contributed by atoms with Gasteiger partial charge in [0.25, 0.3) is 11.5 Å². The second-order valence-electron chi connectivity index (χ2n) is 13.8. The monoisotopic (exact) mass is 688 g/mol. The van der Waals surface area contributed by atoms with Gasteiger partial charge >= 0.3 is 11.8 Å². The molecule has 5 rings (SSSR count). The molecule has 1 aliphatic heterocycles. The average molecular weight is 689 g/mol. The lowest BCUT2D eigenvalue weighted by Crippen LogP contribution is -2.44. The van der Waals surface area contributed by atoms with Crippen LogP contribution in [-0.2, 0) is 11.3 Å². The lowest BCUT2D eigenvalue weighted by Gasteiger charge is -2.32. The zero-order chi connectivity index (χ0) is 36.0. The minimum absolute atomic E-state index is 0.0871. The van der Waals surface area contributed by atoms with Crippen molar-refractivity contribution in [2.75, 3.05) is 24.1 Å². The molecule has 0 spiro atoms. The molecule has 13 heteroatoms. The molecule has 3 aromatic rings. The number of hydrogen-bond acceptors (Lipinski definition) is 8. The number of ether oxygens (including phenoxy) is 2. The first-order chi connectivity index (χ1) is 23.8. The van der Waals surface area contributed by atoms with Gasteiger partial charge in [0.1, 0.15) is 28.3 Å². The van der Waals surface area contributed by atoms with Crippen molar-refractivity contribution < 1.29 is 23.5 Å². The number of nitrogens with two attached hydrogens (primary N) is 1. The third kappa shape index (κ3) is 8.72. The zero-order valence-electron chi connectivity index (χ0n) is 29.1. The SMILES string of the molecule is CCn1c(=O)c(C(=O)Nc2ccc(Oc3ccnc(N)c3C#CCC3CCN(C(=O)OC(C)(C)C)CC3)c(F)c2)cn(C2CCCCC2)c1=O. The Morgan fingerprint density at radius 2 is 1.78 bits per heavy atom. The topological polar surface area (TPSA) is 151 Å². The van der Waals surface area contributed by atoms with E-state index in [0.717, 1.165) is 55.6 Å². The summed E-state index contributed by atoms with van der Waals surface area (Å²) in [7, 11) is 0. The summed E-state index contributed by atoms with van der Waals surface area (Å²) < 4.78 is 29.2. The first kappa shape index (κ1) is 36.2. The Kier molecular flexibility index (Phi) is 11.3. The van der Waals surface area contributed by atoms with Gasteiger partial charge in [-0.3, -0.25) is 18.7 Å². The summed E-state index contributed by atoms with van der Waals surface area (Å²) in [5.74, 6) is 5.16. The van der Waals surface area contributed by atoms with Gasteiger partial charge in [-0.15, -0.1) is 0 Å². The van der Waals surface area contributed by atoms with E-state index in [2.05, 4.69) is 22.1 Å². The fourth-order valence-electron chi connectivity index (χ4n) is 6.25. The van der Waals surface area contributed by atoms with Gasteiger partial charge in [-0.2, -0.15) is 0 Å². The molecule has 2 fully saturated rings. The molecule has 1 aliphatic carbocycles. The van der Waals surface area contributed by atoms with Crippen molar-refractivity contribution in [3.05, 3.63) is 74.4 Å². The van der Waals surface area contributed by atoms with Gasteiger partial charge in [0, 0.05) is 62.3 Å². The minimum atomic E-state index is -0.771. The van der Waals surface area contributed by atoms with Gasteiger partial charge in [0.15, 0.2) is 11.6 Å². The van der Waals surface area contributed by atoms with Crippen molar-refractivity contribution in [1.82, 2.24) is 19.0 Å². The third-order valence-corrected chi connectivity index (χ3v) is 8.95. The van der Waals surface area contributed by atoms with E-state index in [4.69, 9.17) is 15.2 Å². The van der Waals surface area contributed by atoms with E-state index in [1.807, 2.05) is 20.8 Å². The highest BCUT2D eigenvalue weighted by atomic mass is 19.1. The van der Waals surface area contributed by atoms with Crippen molar-refractivity contribution in [1.29, 1.82) is 0 Å². The molecule has 1 saturated carbocycles. The van der Waals surface area contributed by atoms with Gasteiger partial charge in [0.05, 0.1) is 0 Å². The summed E-state index contributed by atoms with van der Waals surface area (Å²) in [5, 5.41) is 2.59. The van der Waals surface area contributed by atoms with Crippen LogP contribution < -0.4 is 27.0 Å². The molecule has 0 radical (unpaired) electrons. The molecule has 1 aromatic carbocycles. The Bertz CT molecular complexity index is 1910. The number of halogens is 1. The number of piperidine rings is 1. The molecular formula is C37H45FN6O6. The molecule has 0 atom stereocenters. The number of pyridine rings is 1. The first-order valence-electron chi connectivity index (χ1n) is 17.2. The highest BCUT2D eigenvalue weighted by molar-refractivity contribution is 6.03. The van der Waals surface area contributed by atoms with E-state index in [9.17, 15) is 19.2 Å². The van der Waals surface area contributed by atoms with Crippen LogP contribution in [0.2, 0.25) is 0 Å².